The van der Waals surface area contributed by atoms with Crippen LogP contribution in [0.15, 0.2) is 11.6 Å². The maximum Gasteiger partial charge on any atom is 0.186 e. The third-order valence-electron chi connectivity index (χ3n) is 16.0. The maximum atomic E-state index is 13.9. The van der Waals surface area contributed by atoms with Crippen LogP contribution in [0.4, 0.5) is 0 Å². The largest absolute Gasteiger partial charge is 0.396 e. The zero-order valence-electron chi connectivity index (χ0n) is 33.3. The molecule has 6 aliphatic rings. The zero-order valence-corrected chi connectivity index (χ0v) is 33.3. The van der Waals surface area contributed by atoms with Gasteiger partial charge in [0.1, 0.15) is 54.6 Å². The second kappa shape index (κ2) is 15.3. The summed E-state index contributed by atoms with van der Waals surface area (Å²) < 4.78 is 23.7. The van der Waals surface area contributed by atoms with Crippen molar-refractivity contribution in [3.05, 3.63) is 11.6 Å². The summed E-state index contributed by atoms with van der Waals surface area (Å²) in [6.07, 6.45) is -4.64. The van der Waals surface area contributed by atoms with E-state index in [-0.39, 0.29) is 54.2 Å². The average molecular weight is 769 g/mol. The number of carbonyl (C=O) groups is 1. The van der Waals surface area contributed by atoms with Crippen molar-refractivity contribution in [3.63, 3.8) is 0 Å². The standard InChI is InChI=1S/C41H68O13/c1-21(2)10-14-40(7,50)30-22-8-9-28-38(5,39(22,6)16-23(30)44)13-11-27-37(3,4)29(12-15-41(27,28)20-43)54-35-25(17-42)53-36(34(49)33(35)48)52-19-26-32(47)31(46)24(45)18-51-26/h10,22,24-36,42-43,45-50H,8-9,11-20H2,1-7H3/t22-,24+,25+,26-,27-,28+,29+,30-,31+,32+,33+,34+,35+,36-,38-,39-,40-,41-/m1/s1. The molecule has 6 rings (SSSR count). The Morgan fingerprint density at radius 2 is 1.59 bits per heavy atom. The minimum absolute atomic E-state index is 0.00599. The molecule has 2 aliphatic heterocycles. The van der Waals surface area contributed by atoms with Crippen molar-refractivity contribution in [3.8, 4) is 0 Å². The van der Waals surface area contributed by atoms with Gasteiger partial charge in [-0.15, -0.1) is 0 Å². The third kappa shape index (κ3) is 6.77. The second-order valence-corrected chi connectivity index (χ2v) is 19.4. The molecule has 54 heavy (non-hydrogen) atoms. The summed E-state index contributed by atoms with van der Waals surface area (Å²) in [5.74, 6) is -0.0405. The Kier molecular flexibility index (Phi) is 12.0. The van der Waals surface area contributed by atoms with Crippen LogP contribution in [0, 0.1) is 45.3 Å². The van der Waals surface area contributed by atoms with Crippen LogP contribution in [0.25, 0.3) is 0 Å². The fourth-order valence-electron chi connectivity index (χ4n) is 12.8. The van der Waals surface area contributed by atoms with Crippen LogP contribution in [-0.2, 0) is 23.7 Å². The molecule has 0 aromatic rings. The van der Waals surface area contributed by atoms with Crippen molar-refractivity contribution >= 4 is 5.78 Å². The van der Waals surface area contributed by atoms with Crippen LogP contribution in [0.2, 0.25) is 0 Å². The average Bonchev–Trinajstić information content (AvgIpc) is 3.40. The van der Waals surface area contributed by atoms with E-state index in [0.717, 1.165) is 31.3 Å². The monoisotopic (exact) mass is 768 g/mol. The molecule has 0 radical (unpaired) electrons. The first-order valence-corrected chi connectivity index (χ1v) is 20.2. The minimum atomic E-state index is -1.57. The number of hydrogen-bond acceptors (Lipinski definition) is 13. The molecule has 310 valence electrons. The van der Waals surface area contributed by atoms with Crippen LogP contribution < -0.4 is 0 Å². The van der Waals surface area contributed by atoms with E-state index in [1.165, 1.54) is 0 Å². The fourth-order valence-corrected chi connectivity index (χ4v) is 12.8. The van der Waals surface area contributed by atoms with Gasteiger partial charge in [-0.25, -0.2) is 0 Å². The van der Waals surface area contributed by atoms with Crippen LogP contribution in [0.1, 0.15) is 99.8 Å². The van der Waals surface area contributed by atoms with Gasteiger partial charge < -0.3 is 59.8 Å². The number of ketones is 1. The fraction of sp³-hybridized carbons (Fsp3) is 0.927. The van der Waals surface area contributed by atoms with E-state index < -0.39 is 90.2 Å². The molecule has 2 heterocycles. The Labute approximate surface area is 320 Å². The number of allylic oxidation sites excluding steroid dienone is 1. The molecule has 0 bridgehead atoms. The van der Waals surface area contributed by atoms with Gasteiger partial charge in [-0.05, 0) is 99.7 Å². The van der Waals surface area contributed by atoms with Gasteiger partial charge in [0.2, 0.25) is 0 Å². The van der Waals surface area contributed by atoms with Crippen LogP contribution in [0.5, 0.6) is 0 Å². The number of aliphatic hydroxyl groups excluding tert-OH is 7. The lowest BCUT2D eigenvalue weighted by atomic mass is 9.35. The van der Waals surface area contributed by atoms with E-state index >= 15 is 0 Å². The molecule has 0 amide bonds. The SMILES string of the molecule is CC(C)=CC[C@@](C)(O)[C@H]1C(=O)C[C@]2(C)[C@@H]1CC[C@@H]1[C@@]3(CO)CC[C@H](O[C@@H]4[C@@H](O)[C@H](O)[C@H](OC[C@H]5OC[C@H](O)[C@H](O)[C@H]5O)O[C@H]4CO)C(C)(C)[C@H]3CC[C@]12C. The maximum absolute atomic E-state index is 13.9. The van der Waals surface area contributed by atoms with Gasteiger partial charge in [-0.1, -0.05) is 39.3 Å². The molecule has 2 saturated heterocycles. The van der Waals surface area contributed by atoms with E-state index in [9.17, 15) is 45.6 Å². The summed E-state index contributed by atoms with van der Waals surface area (Å²) in [6.45, 7) is 13.7. The molecule has 4 saturated carbocycles. The lowest BCUT2D eigenvalue weighted by molar-refractivity contribution is -0.330. The highest BCUT2D eigenvalue weighted by Gasteiger charge is 2.72. The Hall–Kier alpha value is -1.07. The zero-order chi connectivity index (χ0) is 39.8. The minimum Gasteiger partial charge on any atom is -0.396 e. The summed E-state index contributed by atoms with van der Waals surface area (Å²) in [5, 5.41) is 86.2. The number of rotatable bonds is 10. The summed E-state index contributed by atoms with van der Waals surface area (Å²) >= 11 is 0. The number of hydrogen-bond donors (Lipinski definition) is 8. The van der Waals surface area contributed by atoms with Gasteiger partial charge in [0.25, 0.3) is 0 Å². The predicted octanol–water partition coefficient (Wildman–Crippen LogP) is 1.62. The van der Waals surface area contributed by atoms with Gasteiger partial charge in [0.05, 0.1) is 31.5 Å². The molecular weight excluding hydrogens is 700 g/mol. The quantitative estimate of drug-likeness (QED) is 0.149. The number of Topliss-reactive ketones (excluding diaryl/α,β-unsaturated/α-hetero) is 1. The van der Waals surface area contributed by atoms with Crippen molar-refractivity contribution in [1.82, 2.24) is 0 Å². The van der Waals surface area contributed by atoms with Gasteiger partial charge in [-0.3, -0.25) is 4.79 Å². The van der Waals surface area contributed by atoms with Gasteiger partial charge in [-0.2, -0.15) is 0 Å². The van der Waals surface area contributed by atoms with E-state index in [1.54, 1.807) is 0 Å². The molecule has 18 atom stereocenters. The Morgan fingerprint density at radius 3 is 2.24 bits per heavy atom. The summed E-state index contributed by atoms with van der Waals surface area (Å²) in [4.78, 5) is 13.9. The Morgan fingerprint density at radius 1 is 0.889 bits per heavy atom. The van der Waals surface area contributed by atoms with E-state index in [4.69, 9.17) is 18.9 Å². The molecular formula is C41H68O13. The smallest absolute Gasteiger partial charge is 0.186 e. The molecule has 4 aliphatic carbocycles. The van der Waals surface area contributed by atoms with Crippen LogP contribution in [-0.4, -0.2) is 140 Å². The topological polar surface area (TPSA) is 216 Å². The first-order chi connectivity index (χ1) is 25.2. The summed E-state index contributed by atoms with van der Waals surface area (Å²) in [6, 6.07) is 0. The van der Waals surface area contributed by atoms with Crippen molar-refractivity contribution in [2.75, 3.05) is 26.4 Å². The van der Waals surface area contributed by atoms with E-state index in [1.807, 2.05) is 26.8 Å². The second-order valence-electron chi connectivity index (χ2n) is 19.4. The summed E-state index contributed by atoms with van der Waals surface area (Å²) in [7, 11) is 0. The molecule has 0 spiro atoms. The number of ether oxygens (including phenoxy) is 4. The van der Waals surface area contributed by atoms with Crippen molar-refractivity contribution in [1.29, 1.82) is 0 Å². The van der Waals surface area contributed by atoms with Crippen molar-refractivity contribution in [2.45, 2.75) is 167 Å². The van der Waals surface area contributed by atoms with Crippen LogP contribution >= 0.6 is 0 Å². The first kappa shape index (κ1) is 42.5. The van der Waals surface area contributed by atoms with Crippen LogP contribution in [0.3, 0.4) is 0 Å². The van der Waals surface area contributed by atoms with E-state index in [2.05, 4.69) is 27.7 Å². The molecule has 13 nitrogen and oxygen atoms in total. The number of fused-ring (bicyclic) bond motifs is 5. The lowest BCUT2D eigenvalue weighted by Gasteiger charge is -2.70. The Balaban J connectivity index is 1.17. The third-order valence-corrected chi connectivity index (χ3v) is 16.0. The van der Waals surface area contributed by atoms with E-state index in [0.29, 0.717) is 25.7 Å². The molecule has 0 aromatic heterocycles. The lowest BCUT2D eigenvalue weighted by Crippen LogP contribution is -2.67. The molecule has 0 unspecified atom stereocenters. The normalized spacial score (nSPS) is 50.0. The highest BCUT2D eigenvalue weighted by molar-refractivity contribution is 5.86. The van der Waals surface area contributed by atoms with Gasteiger partial charge >= 0.3 is 0 Å². The predicted molar refractivity (Wildman–Crippen MR) is 196 cm³/mol. The number of carbonyl (C=O) groups excluding carboxylic acids is 1. The highest BCUT2D eigenvalue weighted by atomic mass is 16.7. The molecule has 0 aromatic carbocycles. The number of aliphatic hydroxyl groups is 8. The van der Waals surface area contributed by atoms with Gasteiger partial charge in [0, 0.05) is 24.4 Å². The highest BCUT2D eigenvalue weighted by Crippen LogP contribution is 2.75. The molecule has 6 fully saturated rings. The van der Waals surface area contributed by atoms with Crippen molar-refractivity contribution < 1.29 is 64.6 Å². The molecule has 13 heteroatoms. The van der Waals surface area contributed by atoms with Crippen molar-refractivity contribution in [2.24, 2.45) is 45.3 Å². The first-order valence-electron chi connectivity index (χ1n) is 20.2. The Bertz CT molecular complexity index is 1380. The van der Waals surface area contributed by atoms with Gasteiger partial charge in [0.15, 0.2) is 6.29 Å². The molecule has 8 N–H and O–H groups in total. The summed E-state index contributed by atoms with van der Waals surface area (Å²) in [5.41, 5.74) is -1.50.